The maximum absolute atomic E-state index is 12.3. The molecule has 18 heavy (non-hydrogen) atoms. The van der Waals surface area contributed by atoms with Gasteiger partial charge in [-0.05, 0) is 18.9 Å². The maximum Gasteiger partial charge on any atom is 0.338 e. The molecule has 0 aliphatic heterocycles. The summed E-state index contributed by atoms with van der Waals surface area (Å²) in [6, 6.07) is 1.45. The van der Waals surface area contributed by atoms with Gasteiger partial charge in [-0.2, -0.15) is 0 Å². The first kappa shape index (κ1) is 14.2. The molecule has 0 spiro atoms. The SMILES string of the molecule is CCN(CC(C)C)C(=O)c1ccncc1C(=O)O. The lowest BCUT2D eigenvalue weighted by Crippen LogP contribution is -2.35. The number of carboxylic acids is 1. The van der Waals surface area contributed by atoms with Crippen molar-refractivity contribution in [2.75, 3.05) is 13.1 Å². The number of hydrogen-bond acceptors (Lipinski definition) is 3. The minimum atomic E-state index is -1.13. The number of aromatic nitrogens is 1. The van der Waals surface area contributed by atoms with E-state index in [2.05, 4.69) is 4.98 Å². The van der Waals surface area contributed by atoms with Crippen LogP contribution in [0.5, 0.6) is 0 Å². The minimum absolute atomic E-state index is 0.0512. The topological polar surface area (TPSA) is 70.5 Å². The predicted octanol–water partition coefficient (Wildman–Crippen LogP) is 1.90. The van der Waals surface area contributed by atoms with E-state index in [1.165, 1.54) is 18.5 Å². The Balaban J connectivity index is 3.05. The Morgan fingerprint density at radius 1 is 1.39 bits per heavy atom. The van der Waals surface area contributed by atoms with Gasteiger partial charge in [0.15, 0.2) is 0 Å². The molecule has 1 rings (SSSR count). The van der Waals surface area contributed by atoms with Crippen LogP contribution in [0.2, 0.25) is 0 Å². The van der Waals surface area contributed by atoms with Crippen LogP contribution < -0.4 is 0 Å². The Kier molecular flexibility index (Phi) is 4.83. The molecule has 0 aliphatic rings. The summed E-state index contributed by atoms with van der Waals surface area (Å²) in [5.41, 5.74) is 0.143. The molecule has 0 aliphatic carbocycles. The van der Waals surface area contributed by atoms with Crippen LogP contribution in [0, 0.1) is 5.92 Å². The third kappa shape index (κ3) is 3.29. The van der Waals surface area contributed by atoms with E-state index in [9.17, 15) is 9.59 Å². The summed E-state index contributed by atoms with van der Waals surface area (Å²) in [7, 11) is 0. The first-order valence-corrected chi connectivity index (χ1v) is 5.94. The van der Waals surface area contributed by atoms with E-state index in [-0.39, 0.29) is 17.0 Å². The largest absolute Gasteiger partial charge is 0.478 e. The Hall–Kier alpha value is -1.91. The average Bonchev–Trinajstić information content (AvgIpc) is 2.34. The first-order chi connectivity index (χ1) is 8.47. The van der Waals surface area contributed by atoms with Gasteiger partial charge in [-0.25, -0.2) is 4.79 Å². The fourth-order valence-corrected chi connectivity index (χ4v) is 1.72. The minimum Gasteiger partial charge on any atom is -0.478 e. The van der Waals surface area contributed by atoms with Gasteiger partial charge in [0.25, 0.3) is 5.91 Å². The van der Waals surface area contributed by atoms with Gasteiger partial charge in [-0.3, -0.25) is 9.78 Å². The summed E-state index contributed by atoms with van der Waals surface area (Å²) < 4.78 is 0. The van der Waals surface area contributed by atoms with Gasteiger partial charge in [0.2, 0.25) is 0 Å². The third-order valence-corrected chi connectivity index (χ3v) is 2.54. The highest BCUT2D eigenvalue weighted by Gasteiger charge is 2.21. The number of rotatable bonds is 5. The molecule has 98 valence electrons. The van der Waals surface area contributed by atoms with Gasteiger partial charge in [0, 0.05) is 25.5 Å². The average molecular weight is 250 g/mol. The maximum atomic E-state index is 12.3. The summed E-state index contributed by atoms with van der Waals surface area (Å²) in [4.78, 5) is 28.7. The van der Waals surface area contributed by atoms with Gasteiger partial charge < -0.3 is 10.0 Å². The molecular formula is C13H18N2O3. The van der Waals surface area contributed by atoms with Gasteiger partial charge in [0.1, 0.15) is 0 Å². The Bertz CT molecular complexity index is 444. The van der Waals surface area contributed by atoms with Crippen LogP contribution in [0.25, 0.3) is 0 Å². The molecule has 0 aromatic carbocycles. The van der Waals surface area contributed by atoms with Crippen molar-refractivity contribution in [1.29, 1.82) is 0 Å². The number of amides is 1. The van der Waals surface area contributed by atoms with Gasteiger partial charge >= 0.3 is 5.97 Å². The smallest absolute Gasteiger partial charge is 0.338 e. The highest BCUT2D eigenvalue weighted by atomic mass is 16.4. The van der Waals surface area contributed by atoms with Crippen LogP contribution in [0.15, 0.2) is 18.5 Å². The molecule has 5 heteroatoms. The molecule has 0 saturated heterocycles. The van der Waals surface area contributed by atoms with Crippen molar-refractivity contribution in [3.63, 3.8) is 0 Å². The molecule has 1 aromatic heterocycles. The van der Waals surface area contributed by atoms with E-state index in [1.807, 2.05) is 20.8 Å². The number of nitrogens with zero attached hydrogens (tertiary/aromatic N) is 2. The second-order valence-corrected chi connectivity index (χ2v) is 4.46. The second kappa shape index (κ2) is 6.14. The van der Waals surface area contributed by atoms with Crippen LogP contribution in [-0.4, -0.2) is 40.0 Å². The summed E-state index contributed by atoms with van der Waals surface area (Å²) in [6.07, 6.45) is 2.64. The predicted molar refractivity (Wildman–Crippen MR) is 67.6 cm³/mol. The van der Waals surface area contributed by atoms with Crippen molar-refractivity contribution >= 4 is 11.9 Å². The number of carbonyl (C=O) groups excluding carboxylic acids is 1. The number of pyridine rings is 1. The number of hydrogen-bond donors (Lipinski definition) is 1. The van der Waals surface area contributed by atoms with Crippen molar-refractivity contribution in [3.05, 3.63) is 29.6 Å². The van der Waals surface area contributed by atoms with E-state index in [1.54, 1.807) is 4.90 Å². The Morgan fingerprint density at radius 2 is 2.06 bits per heavy atom. The van der Waals surface area contributed by atoms with Gasteiger partial charge in [-0.15, -0.1) is 0 Å². The normalized spacial score (nSPS) is 10.4. The van der Waals surface area contributed by atoms with Crippen LogP contribution >= 0.6 is 0 Å². The molecule has 0 bridgehead atoms. The molecule has 1 N–H and O–H groups in total. The molecule has 5 nitrogen and oxygen atoms in total. The zero-order valence-electron chi connectivity index (χ0n) is 10.9. The third-order valence-electron chi connectivity index (χ3n) is 2.54. The molecule has 1 heterocycles. The van der Waals surface area contributed by atoms with Crippen LogP contribution in [0.4, 0.5) is 0 Å². The summed E-state index contributed by atoms with van der Waals surface area (Å²) >= 11 is 0. The molecule has 0 atom stereocenters. The molecule has 0 saturated carbocycles. The highest BCUT2D eigenvalue weighted by molar-refractivity contribution is 6.04. The van der Waals surface area contributed by atoms with Crippen LogP contribution in [-0.2, 0) is 0 Å². The standard InChI is InChI=1S/C13H18N2O3/c1-4-15(8-9(2)3)12(16)10-5-6-14-7-11(10)13(17)18/h5-7,9H,4,8H2,1-3H3,(H,17,18). The summed E-state index contributed by atoms with van der Waals surface area (Å²) in [5, 5.41) is 9.04. The zero-order valence-corrected chi connectivity index (χ0v) is 10.9. The second-order valence-electron chi connectivity index (χ2n) is 4.46. The molecular weight excluding hydrogens is 232 g/mol. The van der Waals surface area contributed by atoms with Crippen molar-refractivity contribution in [2.45, 2.75) is 20.8 Å². The van der Waals surface area contributed by atoms with E-state index in [4.69, 9.17) is 5.11 Å². The monoisotopic (exact) mass is 250 g/mol. The zero-order chi connectivity index (χ0) is 13.7. The summed E-state index contributed by atoms with van der Waals surface area (Å²) in [6.45, 7) is 7.07. The highest BCUT2D eigenvalue weighted by Crippen LogP contribution is 2.12. The van der Waals surface area contributed by atoms with Crippen molar-refractivity contribution in [1.82, 2.24) is 9.88 Å². The van der Waals surface area contributed by atoms with E-state index in [0.29, 0.717) is 19.0 Å². The van der Waals surface area contributed by atoms with Gasteiger partial charge in [0.05, 0.1) is 11.1 Å². The van der Waals surface area contributed by atoms with Crippen LogP contribution in [0.1, 0.15) is 41.5 Å². The van der Waals surface area contributed by atoms with Crippen LogP contribution in [0.3, 0.4) is 0 Å². The first-order valence-electron chi connectivity index (χ1n) is 5.94. The fraction of sp³-hybridized carbons (Fsp3) is 0.462. The Labute approximate surface area is 106 Å². The Morgan fingerprint density at radius 3 is 2.56 bits per heavy atom. The number of carboxylic acid groups (broad SMARTS) is 1. The lowest BCUT2D eigenvalue weighted by atomic mass is 10.1. The molecule has 0 fully saturated rings. The molecule has 0 radical (unpaired) electrons. The number of carbonyl (C=O) groups is 2. The fourth-order valence-electron chi connectivity index (χ4n) is 1.72. The molecule has 1 aromatic rings. The summed E-state index contributed by atoms with van der Waals surface area (Å²) in [5.74, 6) is -1.05. The quantitative estimate of drug-likeness (QED) is 0.866. The van der Waals surface area contributed by atoms with E-state index >= 15 is 0 Å². The van der Waals surface area contributed by atoms with Crippen molar-refractivity contribution in [2.24, 2.45) is 5.92 Å². The lowest BCUT2D eigenvalue weighted by molar-refractivity contribution is 0.0672. The van der Waals surface area contributed by atoms with E-state index < -0.39 is 5.97 Å². The van der Waals surface area contributed by atoms with Gasteiger partial charge in [-0.1, -0.05) is 13.8 Å². The molecule has 0 unspecified atom stereocenters. The van der Waals surface area contributed by atoms with Crippen molar-refractivity contribution < 1.29 is 14.7 Å². The van der Waals surface area contributed by atoms with Crippen molar-refractivity contribution in [3.8, 4) is 0 Å². The number of aromatic carboxylic acids is 1. The molecule has 1 amide bonds. The van der Waals surface area contributed by atoms with E-state index in [0.717, 1.165) is 0 Å². The lowest BCUT2D eigenvalue weighted by Gasteiger charge is -2.23.